The summed E-state index contributed by atoms with van der Waals surface area (Å²) in [6.45, 7) is 3.98. The Morgan fingerprint density at radius 3 is 2.44 bits per heavy atom. The van der Waals surface area contributed by atoms with Gasteiger partial charge in [-0.3, -0.25) is 14.9 Å². The Balaban J connectivity index is 1.32. The second kappa shape index (κ2) is 13.3. The molecule has 4 N–H and O–H groups in total. The number of hydrogen-bond acceptors (Lipinski definition) is 8. The second-order valence-corrected chi connectivity index (χ2v) is 11.2. The summed E-state index contributed by atoms with van der Waals surface area (Å²) in [5.41, 5.74) is 9.43. The summed E-state index contributed by atoms with van der Waals surface area (Å²) in [4.78, 5) is 28.2. The third kappa shape index (κ3) is 6.85. The lowest BCUT2D eigenvalue weighted by Gasteiger charge is -2.35. The number of aromatic nitrogens is 3. The largest absolute Gasteiger partial charge is 0.463 e. The first kappa shape index (κ1) is 30.1. The molecule has 5 rings (SSSR count). The third-order valence-corrected chi connectivity index (χ3v) is 7.87. The van der Waals surface area contributed by atoms with Crippen LogP contribution in [-0.2, 0) is 20.7 Å². The zero-order valence-corrected chi connectivity index (χ0v) is 24.5. The normalized spacial score (nSPS) is 19.0. The van der Waals surface area contributed by atoms with Crippen LogP contribution in [-0.4, -0.2) is 74.9 Å². The highest BCUT2D eigenvalue weighted by atomic mass is 16.5. The Hall–Kier alpha value is -4.32. The molecule has 11 heteroatoms. The molecule has 11 nitrogen and oxygen atoms in total. The molecule has 0 spiro atoms. The van der Waals surface area contributed by atoms with Crippen molar-refractivity contribution in [3.63, 3.8) is 0 Å². The van der Waals surface area contributed by atoms with Gasteiger partial charge < -0.3 is 24.9 Å². The van der Waals surface area contributed by atoms with Crippen molar-refractivity contribution in [1.29, 1.82) is 0 Å². The molecule has 1 aliphatic heterocycles. The SMILES string of the molecule is COC(N[C@H](Cc1ccc(-c2ccccc2)cc1)C(N)=O)[C@@H]1C[C@@H](O)CN1C(=O)[C@H](C(C)C)n1cc(-c2ccco2)nn1. The molecule has 3 heterocycles. The number of likely N-dealkylation sites (tertiary alicyclic amines) is 1. The summed E-state index contributed by atoms with van der Waals surface area (Å²) in [6.07, 6.45) is 2.32. The number of nitrogens with zero attached hydrogens (tertiary/aromatic N) is 4. The number of β-amino-alcohol motifs (C(OH)–C–C–N with tert-alkyl or cyclic N) is 1. The fourth-order valence-electron chi connectivity index (χ4n) is 5.68. The van der Waals surface area contributed by atoms with E-state index in [9.17, 15) is 14.7 Å². The van der Waals surface area contributed by atoms with Crippen molar-refractivity contribution >= 4 is 11.8 Å². The first-order valence-electron chi connectivity index (χ1n) is 14.4. The van der Waals surface area contributed by atoms with Gasteiger partial charge in [-0.15, -0.1) is 5.10 Å². The molecule has 5 atom stereocenters. The van der Waals surface area contributed by atoms with E-state index in [0.717, 1.165) is 16.7 Å². The van der Waals surface area contributed by atoms with Gasteiger partial charge in [0, 0.05) is 13.7 Å². The van der Waals surface area contributed by atoms with Crippen LogP contribution in [0, 0.1) is 5.92 Å². The van der Waals surface area contributed by atoms with Crippen LogP contribution in [0.25, 0.3) is 22.6 Å². The highest BCUT2D eigenvalue weighted by molar-refractivity contribution is 5.82. The molecule has 1 aliphatic rings. The lowest BCUT2D eigenvalue weighted by Crippen LogP contribution is -2.57. The minimum absolute atomic E-state index is 0.121. The summed E-state index contributed by atoms with van der Waals surface area (Å²) in [6, 6.07) is 19.5. The number of aliphatic hydroxyl groups is 1. The molecule has 0 aliphatic carbocycles. The minimum Gasteiger partial charge on any atom is -0.463 e. The Bertz CT molecular complexity index is 1490. The van der Waals surface area contributed by atoms with Gasteiger partial charge in [0.1, 0.15) is 18.0 Å². The topological polar surface area (TPSA) is 149 Å². The number of amides is 2. The summed E-state index contributed by atoms with van der Waals surface area (Å²) in [7, 11) is 1.50. The van der Waals surface area contributed by atoms with Gasteiger partial charge in [-0.1, -0.05) is 73.7 Å². The van der Waals surface area contributed by atoms with Gasteiger partial charge in [0.05, 0.1) is 30.6 Å². The number of carbonyl (C=O) groups is 2. The highest BCUT2D eigenvalue weighted by Gasteiger charge is 2.44. The first-order chi connectivity index (χ1) is 20.7. The Morgan fingerprint density at radius 2 is 1.81 bits per heavy atom. The second-order valence-electron chi connectivity index (χ2n) is 11.2. The fourth-order valence-corrected chi connectivity index (χ4v) is 5.68. The molecular formula is C32H38N6O5. The number of furan rings is 1. The van der Waals surface area contributed by atoms with Crippen LogP contribution in [0.15, 0.2) is 83.6 Å². The maximum absolute atomic E-state index is 14.0. The van der Waals surface area contributed by atoms with Crippen LogP contribution in [0.5, 0.6) is 0 Å². The number of primary amides is 1. The maximum Gasteiger partial charge on any atom is 0.248 e. The summed E-state index contributed by atoms with van der Waals surface area (Å²) >= 11 is 0. The van der Waals surface area contributed by atoms with E-state index in [1.165, 1.54) is 11.8 Å². The molecule has 4 aromatic rings. The van der Waals surface area contributed by atoms with Gasteiger partial charge in [0.15, 0.2) is 5.76 Å². The molecule has 0 radical (unpaired) electrons. The number of nitrogens with two attached hydrogens (primary N) is 1. The van der Waals surface area contributed by atoms with E-state index in [1.807, 2.05) is 68.4 Å². The lowest BCUT2D eigenvalue weighted by atomic mass is 9.99. The summed E-state index contributed by atoms with van der Waals surface area (Å²) in [5, 5.41) is 22.3. The van der Waals surface area contributed by atoms with Gasteiger partial charge in [-0.05, 0) is 47.6 Å². The van der Waals surface area contributed by atoms with E-state index in [4.69, 9.17) is 14.9 Å². The Morgan fingerprint density at radius 1 is 1.09 bits per heavy atom. The molecule has 2 amide bonds. The van der Waals surface area contributed by atoms with Crippen LogP contribution in [0.4, 0.5) is 0 Å². The van der Waals surface area contributed by atoms with E-state index in [1.54, 1.807) is 29.5 Å². The number of hydrogen-bond donors (Lipinski definition) is 3. The van der Waals surface area contributed by atoms with Crippen molar-refractivity contribution in [1.82, 2.24) is 25.2 Å². The van der Waals surface area contributed by atoms with E-state index in [-0.39, 0.29) is 24.8 Å². The quantitative estimate of drug-likeness (QED) is 0.215. The van der Waals surface area contributed by atoms with Crippen molar-refractivity contribution < 1.29 is 23.8 Å². The van der Waals surface area contributed by atoms with Crippen molar-refractivity contribution in [3.05, 3.63) is 84.8 Å². The lowest BCUT2D eigenvalue weighted by molar-refractivity contribution is -0.141. The van der Waals surface area contributed by atoms with E-state index >= 15 is 0 Å². The Labute approximate surface area is 250 Å². The van der Waals surface area contributed by atoms with Gasteiger partial charge in [-0.25, -0.2) is 4.68 Å². The molecule has 43 heavy (non-hydrogen) atoms. The van der Waals surface area contributed by atoms with E-state index in [2.05, 4.69) is 15.6 Å². The predicted octanol–water partition coefficient (Wildman–Crippen LogP) is 3.02. The average Bonchev–Trinajstić information content (AvgIpc) is 3.77. The molecule has 226 valence electrons. The number of rotatable bonds is 12. The smallest absolute Gasteiger partial charge is 0.248 e. The minimum atomic E-state index is -0.769. The number of carbonyl (C=O) groups excluding carboxylic acids is 2. The van der Waals surface area contributed by atoms with Crippen LogP contribution < -0.4 is 11.1 Å². The molecule has 0 saturated carbocycles. The van der Waals surface area contributed by atoms with Crippen LogP contribution in [0.1, 0.15) is 31.9 Å². The molecule has 0 bridgehead atoms. The molecule has 1 saturated heterocycles. The number of ether oxygens (including phenoxy) is 1. The zero-order chi connectivity index (χ0) is 30.5. The molecule has 1 fully saturated rings. The van der Waals surface area contributed by atoms with Crippen LogP contribution in [0.2, 0.25) is 0 Å². The standard InChI is InChI=1S/C32H38N6O5/c1-20(2)29(38-19-26(35-36-38)28-10-7-15-43-28)32(41)37-18-24(39)17-27(37)31(42-3)34-25(30(33)40)16-21-11-13-23(14-12-21)22-8-5-4-6-9-22/h4-15,19-20,24-25,27,29,31,34,39H,16-18H2,1-3H3,(H2,33,40)/t24-,25-,27+,29+,31?/m1/s1. The maximum atomic E-state index is 14.0. The molecule has 1 unspecified atom stereocenters. The van der Waals surface area contributed by atoms with E-state index < -0.39 is 36.4 Å². The van der Waals surface area contributed by atoms with Crippen molar-refractivity contribution in [3.8, 4) is 22.6 Å². The molecule has 2 aromatic carbocycles. The summed E-state index contributed by atoms with van der Waals surface area (Å²) < 4.78 is 12.7. The van der Waals surface area contributed by atoms with Crippen molar-refractivity contribution in [2.24, 2.45) is 11.7 Å². The van der Waals surface area contributed by atoms with Crippen molar-refractivity contribution in [2.45, 2.75) is 57.1 Å². The predicted molar refractivity (Wildman–Crippen MR) is 160 cm³/mol. The highest BCUT2D eigenvalue weighted by Crippen LogP contribution is 2.29. The number of methoxy groups -OCH3 is 1. The molecular weight excluding hydrogens is 548 g/mol. The number of aliphatic hydroxyl groups excluding tert-OH is 1. The van der Waals surface area contributed by atoms with Crippen LogP contribution >= 0.6 is 0 Å². The first-order valence-corrected chi connectivity index (χ1v) is 14.4. The fraction of sp³-hybridized carbons (Fsp3) is 0.375. The molecule has 2 aromatic heterocycles. The third-order valence-electron chi connectivity index (χ3n) is 7.87. The number of nitrogens with one attached hydrogen (secondary N) is 1. The van der Waals surface area contributed by atoms with Gasteiger partial charge in [0.25, 0.3) is 0 Å². The Kier molecular flexibility index (Phi) is 9.34. The monoisotopic (exact) mass is 586 g/mol. The van der Waals surface area contributed by atoms with Gasteiger partial charge >= 0.3 is 0 Å². The summed E-state index contributed by atoms with van der Waals surface area (Å²) in [5.74, 6) is -0.364. The number of benzene rings is 2. The van der Waals surface area contributed by atoms with Gasteiger partial charge in [-0.2, -0.15) is 0 Å². The average molecular weight is 587 g/mol. The zero-order valence-electron chi connectivity index (χ0n) is 24.5. The van der Waals surface area contributed by atoms with Crippen LogP contribution in [0.3, 0.4) is 0 Å². The van der Waals surface area contributed by atoms with Crippen molar-refractivity contribution in [2.75, 3.05) is 13.7 Å². The van der Waals surface area contributed by atoms with E-state index in [0.29, 0.717) is 17.9 Å². The van der Waals surface area contributed by atoms with Gasteiger partial charge in [0.2, 0.25) is 11.8 Å².